The second-order valence-electron chi connectivity index (χ2n) is 7.63. The van der Waals surface area contributed by atoms with E-state index in [2.05, 4.69) is 18.3 Å². The first-order valence-electron chi connectivity index (χ1n) is 10.2. The van der Waals surface area contributed by atoms with E-state index in [1.54, 1.807) is 24.1 Å². The number of carbonyl (C=O) groups is 1. The van der Waals surface area contributed by atoms with E-state index in [0.29, 0.717) is 5.02 Å². The van der Waals surface area contributed by atoms with Gasteiger partial charge in [0, 0.05) is 5.02 Å². The van der Waals surface area contributed by atoms with Crippen LogP contribution in [0, 0.1) is 17.4 Å². The van der Waals surface area contributed by atoms with Gasteiger partial charge in [0.05, 0.1) is 18.8 Å². The number of esters is 1. The van der Waals surface area contributed by atoms with Gasteiger partial charge in [-0.25, -0.2) is 5.01 Å². The Bertz CT molecular complexity index is 1160. The average Bonchev–Trinajstić information content (AvgIpc) is 3.30. The SMILES string of the molecule is CCOC(=O)[C@@H]1CN(C#N)N(c2ccc(Cl)cc2)C12c1ccccc1-c1ccccc12. The van der Waals surface area contributed by atoms with E-state index in [4.69, 9.17) is 16.3 Å². The van der Waals surface area contributed by atoms with Crippen LogP contribution < -0.4 is 5.01 Å². The number of hydrogen-bond donors (Lipinski definition) is 0. The van der Waals surface area contributed by atoms with Gasteiger partial charge in [-0.1, -0.05) is 60.1 Å². The van der Waals surface area contributed by atoms with Crippen LogP contribution in [0.4, 0.5) is 5.69 Å². The zero-order chi connectivity index (χ0) is 21.6. The highest BCUT2D eigenvalue weighted by atomic mass is 35.5. The predicted molar refractivity (Wildman–Crippen MR) is 119 cm³/mol. The van der Waals surface area contributed by atoms with Crippen LogP contribution in [0.1, 0.15) is 18.1 Å². The molecular weight excluding hydrogens is 410 g/mol. The number of anilines is 1. The molecule has 0 unspecified atom stereocenters. The number of nitriles is 1. The van der Waals surface area contributed by atoms with E-state index >= 15 is 0 Å². The summed E-state index contributed by atoms with van der Waals surface area (Å²) in [5.74, 6) is -0.904. The number of hydrazine groups is 1. The van der Waals surface area contributed by atoms with Gasteiger partial charge in [0.15, 0.2) is 6.19 Å². The molecule has 31 heavy (non-hydrogen) atoms. The predicted octanol–water partition coefficient (Wildman–Crippen LogP) is 4.96. The van der Waals surface area contributed by atoms with Gasteiger partial charge < -0.3 is 4.74 Å². The molecule has 0 N–H and O–H groups in total. The van der Waals surface area contributed by atoms with Crippen molar-refractivity contribution in [2.45, 2.75) is 12.5 Å². The Hall–Kier alpha value is -3.49. The van der Waals surface area contributed by atoms with Crippen LogP contribution in [0.15, 0.2) is 72.8 Å². The lowest BCUT2D eigenvalue weighted by atomic mass is 9.76. The molecule has 5 nitrogen and oxygen atoms in total. The fourth-order valence-corrected chi connectivity index (χ4v) is 5.20. The number of hydrogen-bond acceptors (Lipinski definition) is 5. The lowest BCUT2D eigenvalue weighted by Gasteiger charge is -2.41. The van der Waals surface area contributed by atoms with E-state index < -0.39 is 11.5 Å². The normalized spacial score (nSPS) is 17.9. The fourth-order valence-electron chi connectivity index (χ4n) is 5.07. The number of fused-ring (bicyclic) bond motifs is 5. The standard InChI is InChI=1S/C25H20ClN3O2/c1-2-31-24(30)23-15-28(16-27)29(18-13-11-17(26)12-14-18)25(23)21-9-5-3-7-19(21)20-8-4-6-10-22(20)25/h3-14,23H,2,15H2,1H3/t23-/m0/s1. The van der Waals surface area contributed by atoms with Gasteiger partial charge in [-0.05, 0) is 53.4 Å². The third-order valence-corrected chi connectivity index (χ3v) is 6.41. The van der Waals surface area contributed by atoms with Gasteiger partial charge in [-0.15, -0.1) is 0 Å². The van der Waals surface area contributed by atoms with E-state index in [-0.39, 0.29) is 19.1 Å². The molecule has 6 heteroatoms. The van der Waals surface area contributed by atoms with Crippen molar-refractivity contribution >= 4 is 23.3 Å². The van der Waals surface area contributed by atoms with Crippen molar-refractivity contribution in [1.29, 1.82) is 5.26 Å². The van der Waals surface area contributed by atoms with E-state index in [0.717, 1.165) is 27.9 Å². The minimum Gasteiger partial charge on any atom is -0.466 e. The number of nitrogens with zero attached hydrogens (tertiary/aromatic N) is 3. The highest BCUT2D eigenvalue weighted by Crippen LogP contribution is 2.59. The molecule has 0 bridgehead atoms. The lowest BCUT2D eigenvalue weighted by molar-refractivity contribution is -0.148. The van der Waals surface area contributed by atoms with E-state index in [1.165, 1.54) is 0 Å². The van der Waals surface area contributed by atoms with Crippen LogP contribution in [0.25, 0.3) is 11.1 Å². The van der Waals surface area contributed by atoms with Crippen LogP contribution in [0.3, 0.4) is 0 Å². The molecule has 1 fully saturated rings. The Morgan fingerprint density at radius 2 is 1.65 bits per heavy atom. The van der Waals surface area contributed by atoms with Crippen molar-refractivity contribution in [1.82, 2.24) is 5.01 Å². The van der Waals surface area contributed by atoms with Crippen LogP contribution in [0.5, 0.6) is 0 Å². The topological polar surface area (TPSA) is 56.6 Å². The average molecular weight is 430 g/mol. The molecule has 1 aliphatic carbocycles. The number of carbonyl (C=O) groups excluding carboxylic acids is 1. The Kier molecular flexibility index (Phi) is 4.60. The molecule has 5 rings (SSSR count). The lowest BCUT2D eigenvalue weighted by Crippen LogP contribution is -2.50. The summed E-state index contributed by atoms with van der Waals surface area (Å²) in [6, 6.07) is 23.5. The van der Waals surface area contributed by atoms with Gasteiger partial charge in [-0.3, -0.25) is 9.80 Å². The minimum absolute atomic E-state index is 0.223. The van der Waals surface area contributed by atoms with Crippen molar-refractivity contribution in [3.8, 4) is 17.3 Å². The maximum Gasteiger partial charge on any atom is 0.314 e. The maximum absolute atomic E-state index is 13.3. The highest BCUT2D eigenvalue weighted by molar-refractivity contribution is 6.30. The van der Waals surface area contributed by atoms with Crippen molar-refractivity contribution in [3.05, 3.63) is 88.9 Å². The zero-order valence-corrected chi connectivity index (χ0v) is 17.7. The molecular formula is C25H20ClN3O2. The highest BCUT2D eigenvalue weighted by Gasteiger charge is 2.62. The molecule has 154 valence electrons. The summed E-state index contributed by atoms with van der Waals surface area (Å²) in [5, 5.41) is 14.2. The summed E-state index contributed by atoms with van der Waals surface area (Å²) in [4.78, 5) is 13.3. The molecule has 1 spiro atoms. The second-order valence-corrected chi connectivity index (χ2v) is 8.07. The molecule has 0 radical (unpaired) electrons. The summed E-state index contributed by atoms with van der Waals surface area (Å²) in [6.45, 7) is 2.30. The third-order valence-electron chi connectivity index (χ3n) is 6.16. The van der Waals surface area contributed by atoms with Crippen LogP contribution in [-0.2, 0) is 15.1 Å². The quantitative estimate of drug-likeness (QED) is 0.435. The molecule has 1 aliphatic heterocycles. The molecule has 2 aliphatic rings. The van der Waals surface area contributed by atoms with Crippen molar-refractivity contribution in [2.24, 2.45) is 5.92 Å². The van der Waals surface area contributed by atoms with Gasteiger partial charge in [0.1, 0.15) is 11.5 Å². The molecule has 3 aromatic carbocycles. The molecule has 1 atom stereocenters. The maximum atomic E-state index is 13.3. The first-order chi connectivity index (χ1) is 15.1. The summed E-state index contributed by atoms with van der Waals surface area (Å²) in [7, 11) is 0. The third kappa shape index (κ3) is 2.65. The van der Waals surface area contributed by atoms with Crippen molar-refractivity contribution < 1.29 is 9.53 Å². The smallest absolute Gasteiger partial charge is 0.314 e. The second kappa shape index (κ2) is 7.33. The molecule has 1 saturated heterocycles. The monoisotopic (exact) mass is 429 g/mol. The van der Waals surface area contributed by atoms with Crippen molar-refractivity contribution in [2.75, 3.05) is 18.2 Å². The van der Waals surface area contributed by atoms with Crippen LogP contribution >= 0.6 is 11.6 Å². The number of ether oxygens (including phenoxy) is 1. The fraction of sp³-hybridized carbons (Fsp3) is 0.200. The number of benzene rings is 3. The molecule has 1 heterocycles. The Morgan fingerprint density at radius 1 is 1.06 bits per heavy atom. The Labute approximate surface area is 186 Å². The van der Waals surface area contributed by atoms with Gasteiger partial charge in [0.2, 0.25) is 0 Å². The van der Waals surface area contributed by atoms with Crippen LogP contribution in [-0.4, -0.2) is 24.1 Å². The number of rotatable bonds is 3. The van der Waals surface area contributed by atoms with Gasteiger partial charge >= 0.3 is 5.97 Å². The van der Waals surface area contributed by atoms with Crippen molar-refractivity contribution in [3.63, 3.8) is 0 Å². The summed E-state index contributed by atoms with van der Waals surface area (Å²) >= 11 is 6.15. The van der Waals surface area contributed by atoms with E-state index in [1.807, 2.05) is 53.5 Å². The molecule has 3 aromatic rings. The molecule has 0 aromatic heterocycles. The minimum atomic E-state index is -0.900. The first kappa shape index (κ1) is 19.5. The zero-order valence-electron chi connectivity index (χ0n) is 17.0. The van der Waals surface area contributed by atoms with Gasteiger partial charge in [-0.2, -0.15) is 5.26 Å². The molecule has 0 saturated carbocycles. The Morgan fingerprint density at radius 3 is 2.19 bits per heavy atom. The largest absolute Gasteiger partial charge is 0.466 e. The van der Waals surface area contributed by atoms with Gasteiger partial charge in [0.25, 0.3) is 0 Å². The summed E-state index contributed by atoms with van der Waals surface area (Å²) in [5.41, 5.74) is 3.98. The molecule has 0 amide bonds. The summed E-state index contributed by atoms with van der Waals surface area (Å²) < 4.78 is 5.52. The number of halogens is 1. The first-order valence-corrected chi connectivity index (χ1v) is 10.6. The van der Waals surface area contributed by atoms with Crippen LogP contribution in [0.2, 0.25) is 5.02 Å². The van der Waals surface area contributed by atoms with E-state index in [9.17, 15) is 10.1 Å². The Balaban J connectivity index is 1.86. The summed E-state index contributed by atoms with van der Waals surface area (Å²) in [6.07, 6.45) is 2.29.